The number of carbonyl (C=O) groups excluding carboxylic acids is 1. The van der Waals surface area contributed by atoms with Crippen molar-refractivity contribution in [1.29, 1.82) is 0 Å². The first kappa shape index (κ1) is 19.1. The monoisotopic (exact) mass is 363 g/mol. The molecule has 25 heavy (non-hydrogen) atoms. The van der Waals surface area contributed by atoms with Gasteiger partial charge < -0.3 is 15.0 Å². The molecular formula is C17H25N5O2S. The first-order chi connectivity index (χ1) is 11.7. The molecule has 1 amide bonds. The van der Waals surface area contributed by atoms with E-state index in [1.165, 1.54) is 0 Å². The number of rotatable bonds is 5. The third-order valence-corrected chi connectivity index (χ3v) is 4.13. The van der Waals surface area contributed by atoms with E-state index in [0.717, 1.165) is 21.3 Å². The molecule has 0 bridgehead atoms. The maximum Gasteiger partial charge on any atom is 0.407 e. The molecule has 0 aliphatic heterocycles. The Kier molecular flexibility index (Phi) is 5.94. The molecule has 2 aromatic rings. The molecule has 0 atom stereocenters. The summed E-state index contributed by atoms with van der Waals surface area (Å²) in [6, 6.07) is 1.86. The van der Waals surface area contributed by atoms with Crippen molar-refractivity contribution in [2.45, 2.75) is 40.2 Å². The Morgan fingerprint density at radius 1 is 1.32 bits per heavy atom. The van der Waals surface area contributed by atoms with Gasteiger partial charge in [-0.15, -0.1) is 11.3 Å². The lowest BCUT2D eigenvalue weighted by molar-refractivity contribution is 0.0529. The summed E-state index contributed by atoms with van der Waals surface area (Å²) in [4.78, 5) is 28.1. The number of anilines is 1. The Labute approximate surface area is 152 Å². The van der Waals surface area contributed by atoms with Gasteiger partial charge >= 0.3 is 6.09 Å². The zero-order valence-electron chi connectivity index (χ0n) is 15.6. The van der Waals surface area contributed by atoms with E-state index in [9.17, 15) is 4.79 Å². The highest BCUT2D eigenvalue weighted by atomic mass is 32.1. The van der Waals surface area contributed by atoms with Crippen LogP contribution in [0.1, 0.15) is 30.7 Å². The first-order valence-electron chi connectivity index (χ1n) is 8.11. The summed E-state index contributed by atoms with van der Waals surface area (Å²) >= 11 is 1.65. The van der Waals surface area contributed by atoms with Crippen molar-refractivity contribution in [2.75, 3.05) is 25.0 Å². The van der Waals surface area contributed by atoms with Gasteiger partial charge in [-0.25, -0.2) is 19.7 Å². The molecule has 0 aliphatic rings. The van der Waals surface area contributed by atoms with Gasteiger partial charge in [-0.1, -0.05) is 0 Å². The Morgan fingerprint density at radius 3 is 2.64 bits per heavy atom. The second-order valence-electron chi connectivity index (χ2n) is 6.73. The number of aromatic nitrogens is 3. The quantitative estimate of drug-likeness (QED) is 0.879. The predicted octanol–water partition coefficient (Wildman–Crippen LogP) is 3.18. The number of carbonyl (C=O) groups is 1. The number of thiazole rings is 1. The van der Waals surface area contributed by atoms with Crippen LogP contribution in [0.25, 0.3) is 11.4 Å². The van der Waals surface area contributed by atoms with Crippen molar-refractivity contribution in [3.05, 3.63) is 22.1 Å². The van der Waals surface area contributed by atoms with E-state index in [-0.39, 0.29) is 0 Å². The molecule has 8 heteroatoms. The second kappa shape index (κ2) is 7.77. The summed E-state index contributed by atoms with van der Waals surface area (Å²) in [5.41, 5.74) is 1.20. The Morgan fingerprint density at radius 2 is 2.04 bits per heavy atom. The molecule has 2 aromatic heterocycles. The maximum absolute atomic E-state index is 11.7. The van der Waals surface area contributed by atoms with Crippen LogP contribution in [0.4, 0.5) is 10.7 Å². The van der Waals surface area contributed by atoms with Gasteiger partial charge in [0.2, 0.25) is 5.95 Å². The predicted molar refractivity (Wildman–Crippen MR) is 100 cm³/mol. The van der Waals surface area contributed by atoms with Crippen molar-refractivity contribution in [1.82, 2.24) is 20.3 Å². The van der Waals surface area contributed by atoms with Crippen LogP contribution in [0.3, 0.4) is 0 Å². The number of amides is 1. The van der Waals surface area contributed by atoms with Crippen molar-refractivity contribution in [2.24, 2.45) is 0 Å². The van der Waals surface area contributed by atoms with Crippen LogP contribution < -0.4 is 10.2 Å². The molecule has 0 unspecified atom stereocenters. The van der Waals surface area contributed by atoms with Crippen LogP contribution in [0.15, 0.2) is 12.3 Å². The molecule has 0 saturated heterocycles. The fourth-order valence-electron chi connectivity index (χ4n) is 2.17. The van der Waals surface area contributed by atoms with Crippen molar-refractivity contribution >= 4 is 23.4 Å². The van der Waals surface area contributed by atoms with E-state index in [1.54, 1.807) is 17.5 Å². The molecule has 0 aliphatic carbocycles. The fourth-order valence-corrected chi connectivity index (χ4v) is 3.00. The number of ether oxygens (including phenoxy) is 1. The highest BCUT2D eigenvalue weighted by Gasteiger charge is 2.16. The minimum atomic E-state index is -0.503. The van der Waals surface area contributed by atoms with Gasteiger partial charge in [0.25, 0.3) is 0 Å². The normalized spacial score (nSPS) is 11.3. The standard InChI is InChI=1S/C17H25N5O2S/c1-11-14(20-12(2)25-11)13-7-8-18-15(21-13)22(6)10-9-19-16(23)24-17(3,4)5/h7-8H,9-10H2,1-6H3,(H,19,23). The lowest BCUT2D eigenvalue weighted by atomic mass is 10.2. The third-order valence-electron chi connectivity index (χ3n) is 3.25. The van der Waals surface area contributed by atoms with Gasteiger partial charge in [0, 0.05) is 31.2 Å². The Bertz CT molecular complexity index is 739. The molecule has 136 valence electrons. The molecule has 1 N–H and O–H groups in total. The molecule has 7 nitrogen and oxygen atoms in total. The molecule has 0 spiro atoms. The summed E-state index contributed by atoms with van der Waals surface area (Å²) in [5.74, 6) is 0.591. The van der Waals surface area contributed by atoms with Crippen LogP contribution in [0.2, 0.25) is 0 Å². The van der Waals surface area contributed by atoms with Crippen LogP contribution in [0, 0.1) is 13.8 Å². The average Bonchev–Trinajstić information content (AvgIpc) is 2.84. The zero-order valence-corrected chi connectivity index (χ0v) is 16.4. The average molecular weight is 363 g/mol. The van der Waals surface area contributed by atoms with Crippen LogP contribution in [-0.2, 0) is 4.74 Å². The van der Waals surface area contributed by atoms with Crippen molar-refractivity contribution in [3.8, 4) is 11.4 Å². The molecular weight excluding hydrogens is 338 g/mol. The largest absolute Gasteiger partial charge is 0.444 e. The lowest BCUT2D eigenvalue weighted by Crippen LogP contribution is -2.37. The van der Waals surface area contributed by atoms with Crippen molar-refractivity contribution in [3.63, 3.8) is 0 Å². The number of alkyl carbamates (subject to hydrolysis) is 1. The highest BCUT2D eigenvalue weighted by Crippen LogP contribution is 2.26. The van der Waals surface area contributed by atoms with E-state index in [2.05, 4.69) is 20.3 Å². The Balaban J connectivity index is 1.96. The topological polar surface area (TPSA) is 80.2 Å². The van der Waals surface area contributed by atoms with E-state index in [4.69, 9.17) is 4.74 Å². The van der Waals surface area contributed by atoms with E-state index in [1.807, 2.05) is 52.6 Å². The Hall–Kier alpha value is -2.22. The van der Waals surface area contributed by atoms with E-state index >= 15 is 0 Å². The molecule has 2 rings (SSSR count). The number of aryl methyl sites for hydroxylation is 2. The number of likely N-dealkylation sites (N-methyl/N-ethyl adjacent to an activating group) is 1. The van der Waals surface area contributed by atoms with Gasteiger partial charge in [-0.2, -0.15) is 0 Å². The zero-order chi connectivity index (χ0) is 18.6. The van der Waals surface area contributed by atoms with Gasteiger partial charge in [-0.05, 0) is 40.7 Å². The lowest BCUT2D eigenvalue weighted by Gasteiger charge is -2.21. The summed E-state index contributed by atoms with van der Waals surface area (Å²) in [6.45, 7) is 10.5. The minimum absolute atomic E-state index is 0.427. The molecule has 0 aromatic carbocycles. The SMILES string of the molecule is Cc1nc(-c2ccnc(N(C)CCNC(=O)OC(C)(C)C)n2)c(C)s1. The van der Waals surface area contributed by atoms with Gasteiger partial charge in [0.15, 0.2) is 0 Å². The van der Waals surface area contributed by atoms with Gasteiger partial charge in [0.05, 0.1) is 10.7 Å². The summed E-state index contributed by atoms with van der Waals surface area (Å²) in [6.07, 6.45) is 1.30. The van der Waals surface area contributed by atoms with E-state index in [0.29, 0.717) is 19.0 Å². The number of hydrogen-bond donors (Lipinski definition) is 1. The summed E-state index contributed by atoms with van der Waals surface area (Å²) in [7, 11) is 1.88. The van der Waals surface area contributed by atoms with Crippen molar-refractivity contribution < 1.29 is 9.53 Å². The fraction of sp³-hybridized carbons (Fsp3) is 0.529. The summed E-state index contributed by atoms with van der Waals surface area (Å²) < 4.78 is 5.21. The minimum Gasteiger partial charge on any atom is -0.444 e. The number of nitrogens with one attached hydrogen (secondary N) is 1. The molecule has 0 fully saturated rings. The van der Waals surface area contributed by atoms with Crippen LogP contribution >= 0.6 is 11.3 Å². The molecule has 0 radical (unpaired) electrons. The van der Waals surface area contributed by atoms with E-state index < -0.39 is 11.7 Å². The first-order valence-corrected chi connectivity index (χ1v) is 8.93. The molecule has 2 heterocycles. The highest BCUT2D eigenvalue weighted by molar-refractivity contribution is 7.11. The van der Waals surface area contributed by atoms with Gasteiger partial charge in [-0.3, -0.25) is 0 Å². The smallest absolute Gasteiger partial charge is 0.407 e. The second-order valence-corrected chi connectivity index (χ2v) is 8.14. The van der Waals surface area contributed by atoms with Gasteiger partial charge in [0.1, 0.15) is 11.3 Å². The van der Waals surface area contributed by atoms with Crippen LogP contribution in [-0.4, -0.2) is 46.8 Å². The number of hydrogen-bond acceptors (Lipinski definition) is 7. The maximum atomic E-state index is 11.7. The van der Waals surface area contributed by atoms with Crippen LogP contribution in [0.5, 0.6) is 0 Å². The molecule has 0 saturated carbocycles. The summed E-state index contributed by atoms with van der Waals surface area (Å²) in [5, 5.41) is 3.75. The third kappa shape index (κ3) is 5.67. The number of nitrogens with zero attached hydrogens (tertiary/aromatic N) is 4.